The molecular weight excluding hydrogens is 164 g/mol. The minimum Gasteiger partial charge on any atom is -0.495 e. The van der Waals surface area contributed by atoms with Gasteiger partial charge in [-0.15, -0.1) is 0 Å². The van der Waals surface area contributed by atoms with Crippen LogP contribution >= 0.6 is 0 Å². The van der Waals surface area contributed by atoms with E-state index in [9.17, 15) is 0 Å². The third-order valence-electron chi connectivity index (χ3n) is 2.06. The van der Waals surface area contributed by atoms with Gasteiger partial charge in [0.15, 0.2) is 0 Å². The summed E-state index contributed by atoms with van der Waals surface area (Å²) in [5.74, 6) is 0.698. The average Bonchev–Trinajstić information content (AvgIpc) is 2.59. The second kappa shape index (κ2) is 4.03. The van der Waals surface area contributed by atoms with Gasteiger partial charge in [0.25, 0.3) is 0 Å². The lowest BCUT2D eigenvalue weighted by molar-refractivity contribution is 0.367. The van der Waals surface area contributed by atoms with Crippen LogP contribution in [-0.4, -0.2) is 18.7 Å². The summed E-state index contributed by atoms with van der Waals surface area (Å²) in [6, 6.07) is 2.02. The van der Waals surface area contributed by atoms with E-state index in [1.54, 1.807) is 7.11 Å². The van der Waals surface area contributed by atoms with E-state index in [4.69, 9.17) is 4.74 Å². The normalized spacial score (nSPS) is 9.77. The Balaban J connectivity index is 3.03. The van der Waals surface area contributed by atoms with E-state index < -0.39 is 0 Å². The number of nitrogens with zero attached hydrogens (tertiary/aromatic N) is 1. The lowest BCUT2D eigenvalue weighted by atomic mass is 10.3. The molecule has 13 heavy (non-hydrogen) atoms. The Morgan fingerprint density at radius 1 is 1.69 bits per heavy atom. The number of aromatic nitrogens is 1. The molecule has 0 spiro atoms. The number of aryl methyl sites for hydroxylation is 1. The van der Waals surface area contributed by atoms with Gasteiger partial charge >= 0.3 is 0 Å². The fraction of sp³-hybridized carbons (Fsp3) is 0.400. The van der Waals surface area contributed by atoms with E-state index in [2.05, 4.69) is 23.4 Å². The van der Waals surface area contributed by atoms with Crippen molar-refractivity contribution < 1.29 is 4.74 Å². The molecule has 0 fully saturated rings. The second-order valence-electron chi connectivity index (χ2n) is 2.78. The lowest BCUT2D eigenvalue weighted by Crippen LogP contribution is -1.98. The quantitative estimate of drug-likeness (QED) is 0.719. The molecule has 0 aliphatic rings. The van der Waals surface area contributed by atoms with Crippen molar-refractivity contribution in [1.29, 1.82) is 0 Å². The first kappa shape index (κ1) is 9.71. The van der Waals surface area contributed by atoms with Gasteiger partial charge in [-0.05, 0) is 13.0 Å². The summed E-state index contributed by atoms with van der Waals surface area (Å²) in [6.45, 7) is 6.83. The zero-order valence-corrected chi connectivity index (χ0v) is 8.42. The van der Waals surface area contributed by atoms with Crippen LogP contribution in [-0.2, 0) is 11.3 Å². The van der Waals surface area contributed by atoms with Crippen molar-refractivity contribution in [2.24, 2.45) is 0 Å². The summed E-state index contributed by atoms with van der Waals surface area (Å²) in [7, 11) is 3.53. The highest BCUT2D eigenvalue weighted by Gasteiger charge is 2.06. The zero-order valence-electron chi connectivity index (χ0n) is 8.42. The maximum absolute atomic E-state index is 5.09. The Morgan fingerprint density at radius 3 is 2.85 bits per heavy atom. The van der Waals surface area contributed by atoms with E-state index in [0.29, 0.717) is 5.76 Å². The average molecular weight is 180 g/mol. The highest BCUT2D eigenvalue weighted by molar-refractivity contribution is 5.60. The van der Waals surface area contributed by atoms with Crippen molar-refractivity contribution in [2.75, 3.05) is 19.5 Å². The molecule has 3 nitrogen and oxygen atoms in total. The topological polar surface area (TPSA) is 26.2 Å². The molecule has 0 aliphatic heterocycles. The smallest absolute Gasteiger partial charge is 0.135 e. The van der Waals surface area contributed by atoms with Gasteiger partial charge in [0.2, 0.25) is 0 Å². The van der Waals surface area contributed by atoms with Crippen molar-refractivity contribution in [1.82, 2.24) is 4.57 Å². The monoisotopic (exact) mass is 180 g/mol. The van der Waals surface area contributed by atoms with Crippen LogP contribution in [0, 0.1) is 0 Å². The van der Waals surface area contributed by atoms with Crippen molar-refractivity contribution in [3.63, 3.8) is 0 Å². The molecule has 0 aliphatic carbocycles. The van der Waals surface area contributed by atoms with E-state index >= 15 is 0 Å². The third kappa shape index (κ3) is 1.86. The van der Waals surface area contributed by atoms with E-state index in [-0.39, 0.29) is 0 Å². The van der Waals surface area contributed by atoms with Gasteiger partial charge in [0, 0.05) is 19.8 Å². The van der Waals surface area contributed by atoms with Crippen LogP contribution in [0.2, 0.25) is 0 Å². The van der Waals surface area contributed by atoms with Crippen LogP contribution < -0.4 is 5.32 Å². The Bertz CT molecular complexity index is 302. The van der Waals surface area contributed by atoms with E-state index in [1.165, 1.54) is 0 Å². The Kier molecular flexibility index (Phi) is 3.01. The van der Waals surface area contributed by atoms with Crippen molar-refractivity contribution >= 4 is 11.4 Å². The fourth-order valence-corrected chi connectivity index (χ4v) is 1.25. The molecule has 0 aromatic carbocycles. The first-order chi connectivity index (χ1) is 6.22. The summed E-state index contributed by atoms with van der Waals surface area (Å²) >= 11 is 0. The first-order valence-corrected chi connectivity index (χ1v) is 4.34. The number of methoxy groups -OCH3 is 1. The molecule has 3 heteroatoms. The fourth-order valence-electron chi connectivity index (χ4n) is 1.25. The summed E-state index contributed by atoms with van der Waals surface area (Å²) in [5, 5.41) is 3.08. The Hall–Kier alpha value is -1.38. The second-order valence-corrected chi connectivity index (χ2v) is 2.78. The molecule has 0 unspecified atom stereocenters. The molecule has 1 aromatic heterocycles. The van der Waals surface area contributed by atoms with Gasteiger partial charge in [-0.3, -0.25) is 0 Å². The first-order valence-electron chi connectivity index (χ1n) is 4.34. The van der Waals surface area contributed by atoms with Gasteiger partial charge < -0.3 is 14.6 Å². The Morgan fingerprint density at radius 2 is 2.38 bits per heavy atom. The molecule has 0 bridgehead atoms. The predicted octanol–water partition coefficient (Wildman–Crippen LogP) is 2.17. The number of anilines is 1. The Labute approximate surface area is 79.0 Å². The van der Waals surface area contributed by atoms with Crippen LogP contribution in [0.1, 0.15) is 12.6 Å². The minimum atomic E-state index is 0.698. The van der Waals surface area contributed by atoms with Crippen molar-refractivity contribution in [3.8, 4) is 0 Å². The van der Waals surface area contributed by atoms with Crippen molar-refractivity contribution in [2.45, 2.75) is 13.5 Å². The van der Waals surface area contributed by atoms with Crippen LogP contribution in [0.4, 0.5) is 5.69 Å². The molecule has 0 amide bonds. The molecule has 1 heterocycles. The number of rotatable bonds is 4. The molecule has 0 saturated heterocycles. The largest absolute Gasteiger partial charge is 0.495 e. The van der Waals surface area contributed by atoms with Gasteiger partial charge in [-0.1, -0.05) is 6.58 Å². The molecule has 1 N–H and O–H groups in total. The van der Waals surface area contributed by atoms with Gasteiger partial charge in [0.05, 0.1) is 18.5 Å². The molecule has 1 rings (SSSR count). The minimum absolute atomic E-state index is 0.698. The molecule has 0 radical (unpaired) electrons. The predicted molar refractivity (Wildman–Crippen MR) is 55.7 cm³/mol. The number of hydrogen-bond acceptors (Lipinski definition) is 2. The molecule has 0 saturated carbocycles. The summed E-state index contributed by atoms with van der Waals surface area (Å²) < 4.78 is 7.19. The van der Waals surface area contributed by atoms with Crippen LogP contribution in [0.15, 0.2) is 18.8 Å². The summed E-state index contributed by atoms with van der Waals surface area (Å²) in [4.78, 5) is 0. The molecule has 0 atom stereocenters. The van der Waals surface area contributed by atoms with Gasteiger partial charge in [-0.25, -0.2) is 0 Å². The number of ether oxygens (including phenoxy) is 1. The molecule has 1 aromatic rings. The van der Waals surface area contributed by atoms with Crippen LogP contribution in [0.3, 0.4) is 0 Å². The summed E-state index contributed by atoms with van der Waals surface area (Å²) in [5.41, 5.74) is 2.10. The highest BCUT2D eigenvalue weighted by atomic mass is 16.5. The SMILES string of the molecule is C=C(OC)c1cc(NC)cn1CC. The zero-order chi connectivity index (χ0) is 9.84. The van der Waals surface area contributed by atoms with Gasteiger partial charge in [0.1, 0.15) is 5.76 Å². The van der Waals surface area contributed by atoms with Gasteiger partial charge in [-0.2, -0.15) is 0 Å². The maximum Gasteiger partial charge on any atom is 0.135 e. The number of hydrogen-bond donors (Lipinski definition) is 1. The maximum atomic E-state index is 5.09. The lowest BCUT2D eigenvalue weighted by Gasteiger charge is -2.06. The van der Waals surface area contributed by atoms with E-state index in [1.807, 2.05) is 19.3 Å². The van der Waals surface area contributed by atoms with Crippen LogP contribution in [0.5, 0.6) is 0 Å². The third-order valence-corrected chi connectivity index (χ3v) is 2.06. The van der Waals surface area contributed by atoms with Crippen molar-refractivity contribution in [3.05, 3.63) is 24.5 Å². The number of nitrogens with one attached hydrogen (secondary N) is 1. The van der Waals surface area contributed by atoms with E-state index in [0.717, 1.165) is 17.9 Å². The van der Waals surface area contributed by atoms with Crippen LogP contribution in [0.25, 0.3) is 5.76 Å². The summed E-state index contributed by atoms with van der Waals surface area (Å²) in [6.07, 6.45) is 2.04. The molecule has 72 valence electrons. The standard InChI is InChI=1S/C10H16N2O/c1-5-12-7-9(11-3)6-10(12)8(2)13-4/h6-7,11H,2,5H2,1,3-4H3. The molecular formula is C10H16N2O. The highest BCUT2D eigenvalue weighted by Crippen LogP contribution is 2.20.